The Kier molecular flexibility index (Phi) is 12.0. The van der Waals surface area contributed by atoms with Crippen molar-refractivity contribution in [2.24, 2.45) is 0 Å². The highest BCUT2D eigenvalue weighted by Crippen LogP contribution is 2.32. The minimum Gasteiger partial charge on any atom is -0.495 e. The fourth-order valence-corrected chi connectivity index (χ4v) is 7.84. The highest BCUT2D eigenvalue weighted by atomic mass is 35.5. The highest BCUT2D eigenvalue weighted by Gasteiger charge is 2.36. The summed E-state index contributed by atoms with van der Waals surface area (Å²) in [5.74, 6) is -0.524. The maximum absolute atomic E-state index is 14.7. The Labute approximate surface area is 292 Å². The van der Waals surface area contributed by atoms with Crippen molar-refractivity contribution < 1.29 is 22.7 Å². The summed E-state index contributed by atoms with van der Waals surface area (Å²) in [5.41, 5.74) is 1.65. The van der Waals surface area contributed by atoms with Gasteiger partial charge in [0.25, 0.3) is 10.0 Å². The lowest BCUT2D eigenvalue weighted by atomic mass is 9.94. The van der Waals surface area contributed by atoms with Gasteiger partial charge in [-0.3, -0.25) is 13.9 Å². The molecule has 4 aromatic carbocycles. The Bertz CT molecular complexity index is 1800. The quantitative estimate of drug-likeness (QED) is 0.158. The molecule has 1 aliphatic carbocycles. The van der Waals surface area contributed by atoms with Crippen LogP contribution in [0.2, 0.25) is 10.0 Å². The minimum atomic E-state index is -4.27. The Hall–Kier alpha value is -4.05. The molecule has 2 amide bonds. The molecule has 1 aliphatic rings. The first-order valence-electron chi connectivity index (χ1n) is 16.0. The third-order valence-electron chi connectivity index (χ3n) is 8.55. The predicted molar refractivity (Wildman–Crippen MR) is 190 cm³/mol. The van der Waals surface area contributed by atoms with Crippen molar-refractivity contribution in [2.75, 3.05) is 18.0 Å². The van der Waals surface area contributed by atoms with E-state index in [0.29, 0.717) is 16.3 Å². The van der Waals surface area contributed by atoms with Gasteiger partial charge in [0.1, 0.15) is 18.3 Å². The Morgan fingerprint density at radius 3 is 2.15 bits per heavy atom. The number of hydrogen-bond acceptors (Lipinski definition) is 5. The molecule has 0 spiro atoms. The lowest BCUT2D eigenvalue weighted by molar-refractivity contribution is -0.140. The largest absolute Gasteiger partial charge is 0.495 e. The summed E-state index contributed by atoms with van der Waals surface area (Å²) in [5, 5.41) is 3.81. The third kappa shape index (κ3) is 8.69. The van der Waals surface area contributed by atoms with Gasteiger partial charge < -0.3 is 15.0 Å². The SMILES string of the molecule is COc1ccc(N(CC(=O)N(Cc2ccccc2Cl)[C@H](Cc2ccccc2)C(=O)NC2CCCCC2)S(=O)(=O)c2ccccc2)cc1Cl. The average molecular weight is 709 g/mol. The first-order valence-corrected chi connectivity index (χ1v) is 18.2. The molecule has 252 valence electrons. The molecule has 4 aromatic rings. The number of methoxy groups -OCH3 is 1. The van der Waals surface area contributed by atoms with E-state index in [1.165, 1.54) is 36.3 Å². The van der Waals surface area contributed by atoms with Gasteiger partial charge in [-0.25, -0.2) is 8.42 Å². The van der Waals surface area contributed by atoms with E-state index < -0.39 is 28.5 Å². The molecule has 0 aromatic heterocycles. The summed E-state index contributed by atoms with van der Waals surface area (Å²) < 4.78 is 34.7. The molecule has 48 heavy (non-hydrogen) atoms. The molecule has 1 atom stereocenters. The molecule has 8 nitrogen and oxygen atoms in total. The van der Waals surface area contributed by atoms with Crippen LogP contribution in [0, 0.1) is 0 Å². The Morgan fingerprint density at radius 2 is 1.50 bits per heavy atom. The molecule has 11 heteroatoms. The van der Waals surface area contributed by atoms with E-state index in [2.05, 4.69) is 5.32 Å². The normalized spacial score (nSPS) is 14.1. The second-order valence-electron chi connectivity index (χ2n) is 11.8. The molecule has 0 aliphatic heterocycles. The standard InChI is InChI=1S/C37H39Cl2N3O5S/c1-47-35-22-21-30(24-33(35)39)42(48(45,46)31-18-9-4-10-19-31)26-36(43)41(25-28-15-11-12-20-32(28)38)34(23-27-13-5-2-6-14-27)37(44)40-29-16-7-3-8-17-29/h2,4-6,9-15,18-22,24,29,34H,3,7-8,16-17,23,25-26H2,1H3,(H,40,44)/t34-/m1/s1. The number of carbonyl (C=O) groups excluding carboxylic acids is 2. The summed E-state index contributed by atoms with van der Waals surface area (Å²) >= 11 is 13.1. The molecule has 1 fully saturated rings. The molecule has 0 saturated heterocycles. The topological polar surface area (TPSA) is 96.0 Å². The summed E-state index contributed by atoms with van der Waals surface area (Å²) in [6, 6.07) is 28.0. The van der Waals surface area contributed by atoms with Crippen LogP contribution in [0.5, 0.6) is 5.75 Å². The van der Waals surface area contributed by atoms with Crippen LogP contribution in [0.4, 0.5) is 5.69 Å². The number of ether oxygens (including phenoxy) is 1. The zero-order chi connectivity index (χ0) is 34.1. The first-order chi connectivity index (χ1) is 23.2. The van der Waals surface area contributed by atoms with Crippen molar-refractivity contribution >= 4 is 50.7 Å². The van der Waals surface area contributed by atoms with Crippen LogP contribution in [0.25, 0.3) is 0 Å². The number of benzene rings is 4. The number of halogens is 2. The van der Waals surface area contributed by atoms with Gasteiger partial charge in [-0.1, -0.05) is 109 Å². The molecule has 5 rings (SSSR count). The van der Waals surface area contributed by atoms with E-state index in [1.54, 1.807) is 42.5 Å². The van der Waals surface area contributed by atoms with Crippen molar-refractivity contribution in [1.82, 2.24) is 10.2 Å². The first kappa shape index (κ1) is 35.3. The van der Waals surface area contributed by atoms with Gasteiger partial charge in [-0.05, 0) is 60.4 Å². The number of sulfonamides is 1. The number of carbonyl (C=O) groups is 2. The summed E-state index contributed by atoms with van der Waals surface area (Å²) in [6.07, 6.45) is 5.11. The smallest absolute Gasteiger partial charge is 0.264 e. The molecule has 0 unspecified atom stereocenters. The van der Waals surface area contributed by atoms with Crippen LogP contribution in [-0.2, 0) is 32.6 Å². The third-order valence-corrected chi connectivity index (χ3v) is 11.0. The summed E-state index contributed by atoms with van der Waals surface area (Å²) in [6.45, 7) is -0.622. The lowest BCUT2D eigenvalue weighted by Gasteiger charge is -2.35. The van der Waals surface area contributed by atoms with Crippen LogP contribution in [0.3, 0.4) is 0 Å². The van der Waals surface area contributed by atoms with Crippen molar-refractivity contribution in [2.45, 2.75) is 62.0 Å². The number of hydrogen-bond donors (Lipinski definition) is 1. The van der Waals surface area contributed by atoms with E-state index in [1.807, 2.05) is 36.4 Å². The number of rotatable bonds is 13. The van der Waals surface area contributed by atoms with Crippen LogP contribution < -0.4 is 14.4 Å². The second-order valence-corrected chi connectivity index (χ2v) is 14.5. The number of nitrogens with one attached hydrogen (secondary N) is 1. The molecule has 1 saturated carbocycles. The zero-order valence-corrected chi connectivity index (χ0v) is 29.1. The van der Waals surface area contributed by atoms with Gasteiger partial charge in [0.05, 0.1) is 22.7 Å². The van der Waals surface area contributed by atoms with Gasteiger partial charge >= 0.3 is 0 Å². The Morgan fingerprint density at radius 1 is 0.854 bits per heavy atom. The number of nitrogens with zero attached hydrogens (tertiary/aromatic N) is 2. The van der Waals surface area contributed by atoms with Gasteiger partial charge in [0, 0.05) is 24.0 Å². The fraction of sp³-hybridized carbons (Fsp3) is 0.297. The van der Waals surface area contributed by atoms with E-state index in [9.17, 15) is 18.0 Å². The maximum Gasteiger partial charge on any atom is 0.264 e. The van der Waals surface area contributed by atoms with E-state index >= 15 is 0 Å². The van der Waals surface area contributed by atoms with E-state index in [0.717, 1.165) is 42.0 Å². The molecule has 0 heterocycles. The van der Waals surface area contributed by atoms with Crippen LogP contribution >= 0.6 is 23.2 Å². The fourth-order valence-electron chi connectivity index (χ4n) is 5.97. The van der Waals surface area contributed by atoms with Gasteiger partial charge in [-0.15, -0.1) is 0 Å². The Balaban J connectivity index is 1.58. The van der Waals surface area contributed by atoms with Crippen LogP contribution in [-0.4, -0.2) is 50.9 Å². The average Bonchev–Trinajstić information content (AvgIpc) is 3.10. The molecule has 0 radical (unpaired) electrons. The summed E-state index contributed by atoms with van der Waals surface area (Å²) in [7, 11) is -2.81. The van der Waals surface area contributed by atoms with Crippen molar-refractivity contribution in [3.63, 3.8) is 0 Å². The number of anilines is 1. The number of amides is 2. The van der Waals surface area contributed by atoms with E-state index in [-0.39, 0.29) is 40.5 Å². The van der Waals surface area contributed by atoms with Crippen LogP contribution in [0.1, 0.15) is 43.2 Å². The van der Waals surface area contributed by atoms with Gasteiger partial charge in [0.15, 0.2) is 0 Å². The molecular weight excluding hydrogens is 669 g/mol. The zero-order valence-electron chi connectivity index (χ0n) is 26.7. The molecular formula is C37H39Cl2N3O5S. The van der Waals surface area contributed by atoms with Gasteiger partial charge in [0.2, 0.25) is 11.8 Å². The van der Waals surface area contributed by atoms with Crippen molar-refractivity contribution in [3.8, 4) is 5.75 Å². The van der Waals surface area contributed by atoms with E-state index in [4.69, 9.17) is 27.9 Å². The van der Waals surface area contributed by atoms with Crippen molar-refractivity contribution in [1.29, 1.82) is 0 Å². The highest BCUT2D eigenvalue weighted by molar-refractivity contribution is 7.92. The van der Waals surface area contributed by atoms with Crippen molar-refractivity contribution in [3.05, 3.63) is 124 Å². The second kappa shape index (κ2) is 16.4. The minimum absolute atomic E-state index is 0.00160. The monoisotopic (exact) mass is 707 g/mol. The molecule has 1 N–H and O–H groups in total. The van der Waals surface area contributed by atoms with Crippen LogP contribution in [0.15, 0.2) is 108 Å². The predicted octanol–water partition coefficient (Wildman–Crippen LogP) is 7.29. The lowest BCUT2D eigenvalue weighted by Crippen LogP contribution is -2.55. The molecule has 0 bridgehead atoms. The maximum atomic E-state index is 14.7. The summed E-state index contributed by atoms with van der Waals surface area (Å²) in [4.78, 5) is 30.4. The van der Waals surface area contributed by atoms with Gasteiger partial charge in [-0.2, -0.15) is 0 Å².